The summed E-state index contributed by atoms with van der Waals surface area (Å²) in [5.74, 6) is -0.592. The molecule has 12 aromatic carbocycles. The maximum Gasteiger partial charge on any atom is 0.155 e. The summed E-state index contributed by atoms with van der Waals surface area (Å²) in [6, 6.07) is 70.9. The zero-order chi connectivity index (χ0) is 52.5. The monoisotopic (exact) mass is 988 g/mol. The summed E-state index contributed by atoms with van der Waals surface area (Å²) < 4.78 is 37.2. The van der Waals surface area contributed by atoms with E-state index >= 15 is 8.78 Å². The van der Waals surface area contributed by atoms with E-state index in [2.05, 4.69) is 205 Å². The standard InChI is InChI=1S/C72H58F2N2/c1-43-19-15-20-44(2)64(43)53-41-60(67-49(7)25-18-26-50(67)8)70(73)63(42-53)75(54-27-11-9-12-28-54)61-39-33-51-32-36-57-62(40-34-52-31-35-56(61)68(51)69(52)57)76(55-29-13-10-14-30-55)72-59(66-47(5)23-17-24-48(66)6)38-37-58(71(72)74)65-45(3)21-16-22-46(65)4/h9-42H,1-8H3. The lowest BCUT2D eigenvalue weighted by Gasteiger charge is -2.32. The Kier molecular flexibility index (Phi) is 12.1. The molecule has 0 atom stereocenters. The highest BCUT2D eigenvalue weighted by molar-refractivity contribution is 6.28. The third kappa shape index (κ3) is 7.90. The normalized spacial score (nSPS) is 11.6. The second-order valence-corrected chi connectivity index (χ2v) is 20.7. The molecule has 12 aromatic rings. The van der Waals surface area contributed by atoms with Crippen LogP contribution >= 0.6 is 0 Å². The van der Waals surface area contributed by atoms with Crippen LogP contribution in [0.5, 0.6) is 0 Å². The highest BCUT2D eigenvalue weighted by atomic mass is 19.1. The molecule has 0 radical (unpaired) electrons. The molecular weight excluding hydrogens is 931 g/mol. The maximum absolute atomic E-state index is 18.7. The number of para-hydroxylation sites is 2. The minimum Gasteiger partial charge on any atom is -0.307 e. The Morgan fingerprint density at radius 3 is 1.14 bits per heavy atom. The SMILES string of the molecule is Cc1cccc(C)c1-c1cc(-c2c(C)cccc2C)c(F)c(N(c2ccccc2)c2ccc3ccc4c(N(c5ccccc5)c5c(-c6c(C)cccc6C)ccc(-c6c(C)cccc6C)c5F)ccc5ccc2c3c54)c1. The van der Waals surface area contributed by atoms with E-state index in [0.29, 0.717) is 22.5 Å². The van der Waals surface area contributed by atoms with Gasteiger partial charge in [0.05, 0.1) is 22.7 Å². The summed E-state index contributed by atoms with van der Waals surface area (Å²) >= 11 is 0. The Bertz CT molecular complexity index is 4150. The Balaban J connectivity index is 1.16. The molecule has 370 valence electrons. The van der Waals surface area contributed by atoms with Gasteiger partial charge in [-0.2, -0.15) is 0 Å². The number of nitrogens with zero attached hydrogens (tertiary/aromatic N) is 2. The first-order chi connectivity index (χ1) is 36.9. The first kappa shape index (κ1) is 48.1. The fourth-order valence-corrected chi connectivity index (χ4v) is 12.4. The van der Waals surface area contributed by atoms with Crippen molar-refractivity contribution in [2.75, 3.05) is 9.80 Å². The Labute approximate surface area is 445 Å². The van der Waals surface area contributed by atoms with Crippen LogP contribution in [0.2, 0.25) is 0 Å². The van der Waals surface area contributed by atoms with Gasteiger partial charge in [-0.15, -0.1) is 0 Å². The van der Waals surface area contributed by atoms with Gasteiger partial charge < -0.3 is 9.80 Å². The van der Waals surface area contributed by atoms with Crippen LogP contribution < -0.4 is 9.80 Å². The van der Waals surface area contributed by atoms with Crippen LogP contribution in [0.1, 0.15) is 44.5 Å². The van der Waals surface area contributed by atoms with Crippen molar-refractivity contribution < 1.29 is 8.78 Å². The van der Waals surface area contributed by atoms with Crippen molar-refractivity contribution in [3.8, 4) is 44.5 Å². The molecule has 0 spiro atoms. The second kappa shape index (κ2) is 19.1. The second-order valence-electron chi connectivity index (χ2n) is 20.7. The molecule has 0 aliphatic heterocycles. The molecule has 12 rings (SSSR count). The van der Waals surface area contributed by atoms with Gasteiger partial charge in [-0.05, 0) is 198 Å². The molecule has 76 heavy (non-hydrogen) atoms. The van der Waals surface area contributed by atoms with Crippen LogP contribution in [0.15, 0.2) is 206 Å². The zero-order valence-corrected chi connectivity index (χ0v) is 44.3. The van der Waals surface area contributed by atoms with Crippen molar-refractivity contribution in [2.24, 2.45) is 0 Å². The van der Waals surface area contributed by atoms with E-state index in [4.69, 9.17) is 0 Å². The van der Waals surface area contributed by atoms with Crippen LogP contribution in [-0.4, -0.2) is 0 Å². The van der Waals surface area contributed by atoms with E-state index in [1.165, 1.54) is 0 Å². The van der Waals surface area contributed by atoms with E-state index in [-0.39, 0.29) is 11.6 Å². The minimum atomic E-state index is -0.299. The molecule has 0 saturated heterocycles. The first-order valence-corrected chi connectivity index (χ1v) is 26.2. The maximum atomic E-state index is 18.7. The van der Waals surface area contributed by atoms with Crippen LogP contribution in [0.3, 0.4) is 0 Å². The quantitative estimate of drug-likeness (QED) is 0.126. The Morgan fingerprint density at radius 2 is 0.671 bits per heavy atom. The zero-order valence-electron chi connectivity index (χ0n) is 44.3. The number of anilines is 6. The van der Waals surface area contributed by atoms with Crippen LogP contribution in [0.4, 0.5) is 42.9 Å². The minimum absolute atomic E-state index is 0.293. The number of hydrogen-bond acceptors (Lipinski definition) is 2. The van der Waals surface area contributed by atoms with Crippen molar-refractivity contribution in [3.63, 3.8) is 0 Å². The van der Waals surface area contributed by atoms with Crippen molar-refractivity contribution in [3.05, 3.63) is 262 Å². The molecule has 0 heterocycles. The van der Waals surface area contributed by atoms with Gasteiger partial charge >= 0.3 is 0 Å². The summed E-state index contributed by atoms with van der Waals surface area (Å²) in [5, 5.41) is 6.12. The molecule has 0 N–H and O–H groups in total. The lowest BCUT2D eigenvalue weighted by molar-refractivity contribution is 0.632. The summed E-state index contributed by atoms with van der Waals surface area (Å²) in [4.78, 5) is 4.25. The topological polar surface area (TPSA) is 6.48 Å². The Hall–Kier alpha value is -8.86. The van der Waals surface area contributed by atoms with Crippen LogP contribution in [-0.2, 0) is 0 Å². The predicted octanol–water partition coefficient (Wildman–Crippen LogP) is 20.9. The van der Waals surface area contributed by atoms with Crippen LogP contribution in [0.25, 0.3) is 76.8 Å². The van der Waals surface area contributed by atoms with Crippen molar-refractivity contribution in [1.29, 1.82) is 0 Å². The molecule has 4 heteroatoms. The van der Waals surface area contributed by atoms with Crippen molar-refractivity contribution in [2.45, 2.75) is 55.4 Å². The molecule has 0 fully saturated rings. The third-order valence-corrected chi connectivity index (χ3v) is 15.8. The largest absolute Gasteiger partial charge is 0.307 e. The summed E-state index contributed by atoms with van der Waals surface area (Å²) in [7, 11) is 0. The van der Waals surface area contributed by atoms with Gasteiger partial charge in [0.1, 0.15) is 0 Å². The Morgan fingerprint density at radius 1 is 0.289 bits per heavy atom. The van der Waals surface area contributed by atoms with Gasteiger partial charge in [0.25, 0.3) is 0 Å². The van der Waals surface area contributed by atoms with Crippen molar-refractivity contribution >= 4 is 66.4 Å². The average molecular weight is 989 g/mol. The van der Waals surface area contributed by atoms with E-state index in [9.17, 15) is 0 Å². The fourth-order valence-electron chi connectivity index (χ4n) is 12.4. The first-order valence-electron chi connectivity index (χ1n) is 26.2. The van der Waals surface area contributed by atoms with Gasteiger partial charge in [0, 0.05) is 38.8 Å². The lowest BCUT2D eigenvalue weighted by atomic mass is 9.88. The highest BCUT2D eigenvalue weighted by Crippen LogP contribution is 2.52. The van der Waals surface area contributed by atoms with Crippen LogP contribution in [0, 0.1) is 67.0 Å². The van der Waals surface area contributed by atoms with E-state index in [1.54, 1.807) is 0 Å². The predicted molar refractivity (Wildman–Crippen MR) is 319 cm³/mol. The summed E-state index contributed by atoms with van der Waals surface area (Å²) in [6.45, 7) is 16.7. The summed E-state index contributed by atoms with van der Waals surface area (Å²) in [5.41, 5.74) is 19.4. The van der Waals surface area contributed by atoms with E-state index < -0.39 is 0 Å². The smallest absolute Gasteiger partial charge is 0.155 e. The molecular formula is C72H58F2N2. The molecule has 2 nitrogen and oxygen atoms in total. The van der Waals surface area contributed by atoms with E-state index in [1.807, 2.05) is 66.7 Å². The van der Waals surface area contributed by atoms with Gasteiger partial charge in [0.15, 0.2) is 11.6 Å². The lowest BCUT2D eigenvalue weighted by Crippen LogP contribution is -2.15. The number of rotatable bonds is 10. The molecule has 0 bridgehead atoms. The molecule has 0 amide bonds. The molecule has 0 aliphatic rings. The molecule has 0 saturated carbocycles. The number of hydrogen-bond donors (Lipinski definition) is 0. The van der Waals surface area contributed by atoms with Gasteiger partial charge in [-0.25, -0.2) is 8.78 Å². The average Bonchev–Trinajstić information content (AvgIpc) is 3.55. The summed E-state index contributed by atoms with van der Waals surface area (Å²) in [6.07, 6.45) is 0. The molecule has 0 unspecified atom stereocenters. The van der Waals surface area contributed by atoms with E-state index in [0.717, 1.165) is 133 Å². The number of aryl methyl sites for hydroxylation is 8. The number of benzene rings is 12. The fraction of sp³-hybridized carbons (Fsp3) is 0.111. The molecule has 0 aliphatic carbocycles. The van der Waals surface area contributed by atoms with Crippen molar-refractivity contribution in [1.82, 2.24) is 0 Å². The number of halogens is 2. The third-order valence-electron chi connectivity index (χ3n) is 15.8. The van der Waals surface area contributed by atoms with Gasteiger partial charge in [-0.1, -0.05) is 158 Å². The van der Waals surface area contributed by atoms with Gasteiger partial charge in [-0.3, -0.25) is 0 Å². The molecule has 0 aromatic heterocycles. The highest BCUT2D eigenvalue weighted by Gasteiger charge is 2.30. The van der Waals surface area contributed by atoms with Gasteiger partial charge in [0.2, 0.25) is 0 Å².